The molecule has 4 aromatic rings. The lowest BCUT2D eigenvalue weighted by Crippen LogP contribution is -2.34. The van der Waals surface area contributed by atoms with Crippen LogP contribution in [0.4, 0.5) is 5.13 Å². The summed E-state index contributed by atoms with van der Waals surface area (Å²) in [5.74, 6) is 0.357. The summed E-state index contributed by atoms with van der Waals surface area (Å²) in [6.45, 7) is 5.61. The van der Waals surface area contributed by atoms with E-state index < -0.39 is 5.97 Å². The van der Waals surface area contributed by atoms with Crippen LogP contribution in [0.25, 0.3) is 10.2 Å². The topological polar surface area (TPSA) is 98.4 Å². The molecule has 0 atom stereocenters. The summed E-state index contributed by atoms with van der Waals surface area (Å²) in [6, 6.07) is 11.0. The van der Waals surface area contributed by atoms with E-state index in [0.717, 1.165) is 27.2 Å². The smallest absolute Gasteiger partial charge is 0.341 e. The minimum absolute atomic E-state index is 0.310. The molecular weight excluding hydrogens is 460 g/mol. The number of hydrogen-bond donors (Lipinski definition) is 0. The molecule has 0 spiro atoms. The number of likely N-dealkylation sites (N-methyl/N-ethyl adjacent to an activating group) is 1. The molecule has 170 valence electrons. The number of rotatable bonds is 8. The van der Waals surface area contributed by atoms with E-state index >= 15 is 0 Å². The molecule has 10 heteroatoms. The van der Waals surface area contributed by atoms with Crippen molar-refractivity contribution in [2.24, 2.45) is 0 Å². The van der Waals surface area contributed by atoms with Crippen LogP contribution in [0.3, 0.4) is 0 Å². The van der Waals surface area contributed by atoms with Crippen LogP contribution >= 0.6 is 23.1 Å². The number of anilines is 1. The monoisotopic (exact) mass is 482 g/mol. The number of thiazole rings is 1. The lowest BCUT2D eigenvalue weighted by molar-refractivity contribution is -0.121. The summed E-state index contributed by atoms with van der Waals surface area (Å²) < 4.78 is 11.5. The largest absolute Gasteiger partial charge is 0.452 e. The number of esters is 1. The first-order chi connectivity index (χ1) is 16.0. The third-order valence-corrected chi connectivity index (χ3v) is 7.07. The molecule has 4 rings (SSSR count). The molecule has 1 aromatic carbocycles. The van der Waals surface area contributed by atoms with Crippen LogP contribution in [0.15, 0.2) is 52.1 Å². The Morgan fingerprint density at radius 3 is 2.73 bits per heavy atom. The quantitative estimate of drug-likeness (QED) is 0.261. The van der Waals surface area contributed by atoms with Gasteiger partial charge >= 0.3 is 5.97 Å². The zero-order valence-corrected chi connectivity index (χ0v) is 20.0. The van der Waals surface area contributed by atoms with Crippen molar-refractivity contribution in [1.29, 1.82) is 0 Å². The fourth-order valence-corrected chi connectivity index (χ4v) is 5.37. The normalized spacial score (nSPS) is 11.0. The van der Waals surface area contributed by atoms with E-state index in [-0.39, 0.29) is 12.5 Å². The van der Waals surface area contributed by atoms with Gasteiger partial charge in [-0.1, -0.05) is 28.6 Å². The molecule has 33 heavy (non-hydrogen) atoms. The molecule has 0 aliphatic carbocycles. The molecule has 3 heterocycles. The Kier molecular flexibility index (Phi) is 7.05. The predicted molar refractivity (Wildman–Crippen MR) is 128 cm³/mol. The van der Waals surface area contributed by atoms with Crippen LogP contribution in [0.2, 0.25) is 0 Å². The summed E-state index contributed by atoms with van der Waals surface area (Å²) in [5.41, 5.74) is 2.91. The zero-order valence-electron chi connectivity index (χ0n) is 18.4. The number of thioether (sulfide) groups is 1. The van der Waals surface area contributed by atoms with E-state index in [1.807, 2.05) is 45.0 Å². The van der Waals surface area contributed by atoms with Crippen LogP contribution in [-0.4, -0.2) is 40.2 Å². The Hall–Kier alpha value is -3.24. The van der Waals surface area contributed by atoms with Crippen molar-refractivity contribution < 1.29 is 18.8 Å². The van der Waals surface area contributed by atoms with Crippen molar-refractivity contribution in [3.8, 4) is 0 Å². The number of amides is 1. The number of benzene rings is 1. The maximum Gasteiger partial charge on any atom is 0.341 e. The SMILES string of the molecule is CCN(C(=O)COC(=O)c1cccnc1SCc1c(C)noc1C)c1nc2ccccc2s1. The van der Waals surface area contributed by atoms with Crippen LogP contribution < -0.4 is 4.90 Å². The van der Waals surface area contributed by atoms with E-state index in [2.05, 4.69) is 15.1 Å². The van der Waals surface area contributed by atoms with Crippen molar-refractivity contribution >= 4 is 50.3 Å². The van der Waals surface area contributed by atoms with Crippen LogP contribution in [-0.2, 0) is 15.3 Å². The first-order valence-electron chi connectivity index (χ1n) is 10.3. The fourth-order valence-electron chi connectivity index (χ4n) is 3.19. The molecule has 0 N–H and O–H groups in total. The number of fused-ring (bicyclic) bond motifs is 1. The van der Waals surface area contributed by atoms with Crippen molar-refractivity contribution in [1.82, 2.24) is 15.1 Å². The molecular formula is C23H22N4O4S2. The Morgan fingerprint density at radius 1 is 1.18 bits per heavy atom. The second kappa shape index (κ2) is 10.1. The number of aryl methyl sites for hydroxylation is 2. The summed E-state index contributed by atoms with van der Waals surface area (Å²) in [5, 5.41) is 5.05. The lowest BCUT2D eigenvalue weighted by atomic mass is 10.2. The number of hydrogen-bond acceptors (Lipinski definition) is 9. The van der Waals surface area contributed by atoms with Gasteiger partial charge in [0, 0.05) is 24.1 Å². The molecule has 0 saturated carbocycles. The molecule has 0 aliphatic rings. The van der Waals surface area contributed by atoms with Crippen molar-refractivity contribution in [2.45, 2.75) is 31.6 Å². The van der Waals surface area contributed by atoms with Crippen molar-refractivity contribution in [2.75, 3.05) is 18.1 Å². The molecule has 0 fully saturated rings. The minimum Gasteiger partial charge on any atom is -0.452 e. The van der Waals surface area contributed by atoms with Gasteiger partial charge in [0.2, 0.25) is 0 Å². The number of carbonyl (C=O) groups excluding carboxylic acids is 2. The van der Waals surface area contributed by atoms with Crippen LogP contribution in [0, 0.1) is 13.8 Å². The van der Waals surface area contributed by atoms with Gasteiger partial charge in [-0.25, -0.2) is 14.8 Å². The summed E-state index contributed by atoms with van der Waals surface area (Å²) in [4.78, 5) is 35.9. The molecule has 3 aromatic heterocycles. The Bertz CT molecular complexity index is 1250. The number of aromatic nitrogens is 3. The molecule has 0 radical (unpaired) electrons. The number of nitrogens with zero attached hydrogens (tertiary/aromatic N) is 4. The van der Waals surface area contributed by atoms with Gasteiger partial charge in [-0.15, -0.1) is 11.8 Å². The number of para-hydroxylation sites is 1. The lowest BCUT2D eigenvalue weighted by Gasteiger charge is -2.17. The highest BCUT2D eigenvalue weighted by atomic mass is 32.2. The zero-order chi connectivity index (χ0) is 23.4. The van der Waals surface area contributed by atoms with E-state index in [1.165, 1.54) is 28.0 Å². The minimum atomic E-state index is -0.599. The summed E-state index contributed by atoms with van der Waals surface area (Å²) in [7, 11) is 0. The van der Waals surface area contributed by atoms with E-state index in [1.54, 1.807) is 18.3 Å². The first kappa shape index (κ1) is 22.9. The van der Waals surface area contributed by atoms with Gasteiger partial charge in [0.15, 0.2) is 11.7 Å². The standard InChI is InChI=1S/C23H22N4O4S2/c1-4-27(23-25-18-9-5-6-10-19(18)33-23)20(28)12-30-22(29)16-8-7-11-24-21(16)32-13-17-14(2)26-31-15(17)3/h5-11H,4,12-13H2,1-3H3. The molecule has 0 aliphatic heterocycles. The summed E-state index contributed by atoms with van der Waals surface area (Å²) >= 11 is 2.82. The van der Waals surface area contributed by atoms with Crippen molar-refractivity contribution in [3.63, 3.8) is 0 Å². The maximum atomic E-state index is 12.8. The second-order valence-electron chi connectivity index (χ2n) is 7.13. The fraction of sp³-hybridized carbons (Fsp3) is 0.261. The van der Waals surface area contributed by atoms with Crippen LogP contribution in [0.1, 0.15) is 34.3 Å². The highest BCUT2D eigenvalue weighted by Gasteiger charge is 2.22. The highest BCUT2D eigenvalue weighted by molar-refractivity contribution is 7.98. The average molecular weight is 483 g/mol. The van der Waals surface area contributed by atoms with Gasteiger partial charge in [0.1, 0.15) is 10.8 Å². The molecule has 1 amide bonds. The summed E-state index contributed by atoms with van der Waals surface area (Å²) in [6.07, 6.45) is 1.61. The third kappa shape index (κ3) is 5.07. The highest BCUT2D eigenvalue weighted by Crippen LogP contribution is 2.29. The number of carbonyl (C=O) groups is 2. The molecule has 8 nitrogen and oxygen atoms in total. The first-order valence-corrected chi connectivity index (χ1v) is 12.1. The van der Waals surface area contributed by atoms with Gasteiger partial charge in [0.25, 0.3) is 5.91 Å². The van der Waals surface area contributed by atoms with E-state index in [4.69, 9.17) is 9.26 Å². The molecule has 0 unspecified atom stereocenters. The number of ether oxygens (including phenoxy) is 1. The second-order valence-corrected chi connectivity index (χ2v) is 9.10. The average Bonchev–Trinajstić information content (AvgIpc) is 3.39. The van der Waals surface area contributed by atoms with Crippen molar-refractivity contribution in [3.05, 3.63) is 65.2 Å². The Morgan fingerprint density at radius 2 is 2.00 bits per heavy atom. The van der Waals surface area contributed by atoms with Gasteiger partial charge in [-0.05, 0) is 45.0 Å². The number of pyridine rings is 1. The van der Waals surface area contributed by atoms with Gasteiger partial charge < -0.3 is 9.26 Å². The van der Waals surface area contributed by atoms with Gasteiger partial charge in [0.05, 0.1) is 21.5 Å². The van der Waals surface area contributed by atoms with Gasteiger partial charge in [-0.3, -0.25) is 9.69 Å². The van der Waals surface area contributed by atoms with E-state index in [0.29, 0.717) is 28.0 Å². The Balaban J connectivity index is 1.42. The van der Waals surface area contributed by atoms with Gasteiger partial charge in [-0.2, -0.15) is 0 Å². The van der Waals surface area contributed by atoms with Crippen LogP contribution in [0.5, 0.6) is 0 Å². The molecule has 0 bridgehead atoms. The van der Waals surface area contributed by atoms with E-state index in [9.17, 15) is 9.59 Å². The Labute approximate surface area is 199 Å². The molecule has 0 saturated heterocycles. The predicted octanol–water partition coefficient (Wildman–Crippen LogP) is 4.80. The maximum absolute atomic E-state index is 12.8. The third-order valence-electron chi connectivity index (χ3n) is 4.98.